The summed E-state index contributed by atoms with van der Waals surface area (Å²) < 4.78 is 5.76. The second-order valence-electron chi connectivity index (χ2n) is 4.91. The first-order chi connectivity index (χ1) is 11.3. The normalized spacial score (nSPS) is 10.2. The zero-order valence-electron chi connectivity index (χ0n) is 12.7. The lowest BCUT2D eigenvalue weighted by Gasteiger charge is -2.09. The van der Waals surface area contributed by atoms with Crippen molar-refractivity contribution in [3.8, 4) is 0 Å². The molecular formula is C15H14ClN3O5. The molecule has 0 aliphatic carbocycles. The van der Waals surface area contributed by atoms with E-state index in [1.807, 2.05) is 4.98 Å². The highest BCUT2D eigenvalue weighted by molar-refractivity contribution is 6.31. The van der Waals surface area contributed by atoms with Crippen LogP contribution >= 0.6 is 11.6 Å². The molecule has 0 atom stereocenters. The van der Waals surface area contributed by atoms with Crippen molar-refractivity contribution in [3.63, 3.8) is 0 Å². The van der Waals surface area contributed by atoms with Gasteiger partial charge in [0.25, 0.3) is 11.5 Å². The molecule has 0 aliphatic rings. The number of nitrogens with zero attached hydrogens (tertiary/aromatic N) is 1. The van der Waals surface area contributed by atoms with Crippen LogP contribution in [-0.4, -0.2) is 28.0 Å². The number of hydrogen-bond donors (Lipinski definition) is 2. The Morgan fingerprint density at radius 1 is 1.29 bits per heavy atom. The Morgan fingerprint density at radius 3 is 2.75 bits per heavy atom. The fourth-order valence-electron chi connectivity index (χ4n) is 1.81. The highest BCUT2D eigenvalue weighted by Crippen LogP contribution is 2.19. The van der Waals surface area contributed by atoms with Crippen LogP contribution in [0.1, 0.15) is 5.56 Å². The zero-order chi connectivity index (χ0) is 17.7. The van der Waals surface area contributed by atoms with E-state index in [0.29, 0.717) is 10.7 Å². The maximum atomic E-state index is 11.8. The van der Waals surface area contributed by atoms with E-state index in [2.05, 4.69) is 5.32 Å². The molecule has 0 spiro atoms. The van der Waals surface area contributed by atoms with Crippen molar-refractivity contribution in [2.45, 2.75) is 13.5 Å². The van der Waals surface area contributed by atoms with E-state index in [1.165, 1.54) is 0 Å². The van der Waals surface area contributed by atoms with E-state index in [-0.39, 0.29) is 0 Å². The number of H-pyrrole nitrogens is 1. The van der Waals surface area contributed by atoms with Crippen molar-refractivity contribution in [1.82, 2.24) is 9.55 Å². The molecule has 9 heteroatoms. The second-order valence-corrected chi connectivity index (χ2v) is 5.34. The number of esters is 1. The van der Waals surface area contributed by atoms with Crippen LogP contribution in [0.5, 0.6) is 0 Å². The number of halogens is 1. The van der Waals surface area contributed by atoms with Gasteiger partial charge in [-0.3, -0.25) is 23.9 Å². The van der Waals surface area contributed by atoms with Gasteiger partial charge in [0.05, 0.1) is 0 Å². The zero-order valence-corrected chi connectivity index (χ0v) is 13.4. The lowest BCUT2D eigenvalue weighted by atomic mass is 10.2. The van der Waals surface area contributed by atoms with Crippen LogP contribution in [0, 0.1) is 6.92 Å². The van der Waals surface area contributed by atoms with Gasteiger partial charge in [-0.25, -0.2) is 4.79 Å². The molecule has 24 heavy (non-hydrogen) atoms. The number of aromatic amines is 1. The quantitative estimate of drug-likeness (QED) is 0.770. The van der Waals surface area contributed by atoms with Gasteiger partial charge in [-0.2, -0.15) is 0 Å². The first-order valence-electron chi connectivity index (χ1n) is 6.86. The SMILES string of the molecule is Cc1ccc(Cl)cc1NC(=O)COC(=O)Cn1ccc(=O)[nH]c1=O. The molecule has 126 valence electrons. The van der Waals surface area contributed by atoms with Gasteiger partial charge in [0.2, 0.25) is 0 Å². The molecule has 1 aromatic carbocycles. The molecule has 0 saturated heterocycles. The first-order valence-corrected chi connectivity index (χ1v) is 7.24. The summed E-state index contributed by atoms with van der Waals surface area (Å²) in [5.41, 5.74) is 0.0126. The molecule has 0 radical (unpaired) electrons. The van der Waals surface area contributed by atoms with Gasteiger partial charge >= 0.3 is 11.7 Å². The Morgan fingerprint density at radius 2 is 2.04 bits per heavy atom. The number of nitrogens with one attached hydrogen (secondary N) is 2. The lowest BCUT2D eigenvalue weighted by Crippen LogP contribution is -2.32. The maximum absolute atomic E-state index is 11.8. The predicted octanol–water partition coefficient (Wildman–Crippen LogP) is 0.680. The summed E-state index contributed by atoms with van der Waals surface area (Å²) in [7, 11) is 0. The summed E-state index contributed by atoms with van der Waals surface area (Å²) in [6, 6.07) is 6.11. The number of aryl methyl sites for hydroxylation is 1. The monoisotopic (exact) mass is 351 g/mol. The minimum atomic E-state index is -0.790. The molecule has 1 aromatic heterocycles. The van der Waals surface area contributed by atoms with E-state index in [0.717, 1.165) is 22.4 Å². The van der Waals surface area contributed by atoms with Crippen LogP contribution in [-0.2, 0) is 20.9 Å². The fourth-order valence-corrected chi connectivity index (χ4v) is 1.99. The number of hydrogen-bond acceptors (Lipinski definition) is 5. The number of amides is 1. The van der Waals surface area contributed by atoms with Crippen LogP contribution in [0.3, 0.4) is 0 Å². The molecule has 0 saturated carbocycles. The topological polar surface area (TPSA) is 110 Å². The Bertz CT molecular complexity index is 887. The molecule has 2 rings (SSSR count). The van der Waals surface area contributed by atoms with Gasteiger partial charge in [-0.1, -0.05) is 17.7 Å². The Kier molecular flexibility index (Phi) is 5.54. The van der Waals surface area contributed by atoms with Crippen LogP contribution in [0.2, 0.25) is 5.02 Å². The summed E-state index contributed by atoms with van der Waals surface area (Å²) in [5.74, 6) is -1.33. The highest BCUT2D eigenvalue weighted by Gasteiger charge is 2.11. The van der Waals surface area contributed by atoms with Gasteiger partial charge in [0.15, 0.2) is 6.61 Å². The van der Waals surface area contributed by atoms with Crippen molar-refractivity contribution >= 4 is 29.2 Å². The van der Waals surface area contributed by atoms with Crippen LogP contribution in [0.4, 0.5) is 5.69 Å². The minimum absolute atomic E-state index is 0.418. The highest BCUT2D eigenvalue weighted by atomic mass is 35.5. The number of carbonyl (C=O) groups excluding carboxylic acids is 2. The average Bonchev–Trinajstić information content (AvgIpc) is 2.52. The predicted molar refractivity (Wildman–Crippen MR) is 87.1 cm³/mol. The summed E-state index contributed by atoms with van der Waals surface area (Å²) in [6.45, 7) is 0.864. The maximum Gasteiger partial charge on any atom is 0.328 e. The minimum Gasteiger partial charge on any atom is -0.454 e. The van der Waals surface area contributed by atoms with Gasteiger partial charge in [0.1, 0.15) is 6.54 Å². The standard InChI is InChI=1S/C15H14ClN3O5/c1-9-2-3-10(16)6-11(9)17-13(21)8-24-14(22)7-19-5-4-12(20)18-15(19)23/h2-6H,7-8H2,1H3,(H,17,21)(H,18,20,23). The number of benzene rings is 1. The van der Waals surface area contributed by atoms with Crippen LogP contribution < -0.4 is 16.6 Å². The third-order valence-electron chi connectivity index (χ3n) is 3.03. The summed E-state index contributed by atoms with van der Waals surface area (Å²) in [6.07, 6.45) is 1.16. The van der Waals surface area contributed by atoms with Gasteiger partial charge in [-0.15, -0.1) is 0 Å². The molecule has 8 nitrogen and oxygen atoms in total. The van der Waals surface area contributed by atoms with Crippen molar-refractivity contribution in [3.05, 3.63) is 61.9 Å². The Labute approximate surface area is 141 Å². The van der Waals surface area contributed by atoms with E-state index in [9.17, 15) is 19.2 Å². The molecule has 1 heterocycles. The van der Waals surface area contributed by atoms with E-state index in [4.69, 9.17) is 16.3 Å². The number of rotatable bonds is 5. The largest absolute Gasteiger partial charge is 0.454 e. The number of anilines is 1. The second kappa shape index (κ2) is 7.60. The van der Waals surface area contributed by atoms with Crippen molar-refractivity contribution in [2.24, 2.45) is 0 Å². The number of aromatic nitrogens is 2. The third kappa shape index (κ3) is 4.82. The molecule has 1 amide bonds. The van der Waals surface area contributed by atoms with E-state index < -0.39 is 36.3 Å². The molecule has 2 aromatic rings. The molecular weight excluding hydrogens is 338 g/mol. The van der Waals surface area contributed by atoms with Crippen LogP contribution in [0.15, 0.2) is 40.1 Å². The smallest absolute Gasteiger partial charge is 0.328 e. The van der Waals surface area contributed by atoms with Crippen molar-refractivity contribution in [2.75, 3.05) is 11.9 Å². The summed E-state index contributed by atoms with van der Waals surface area (Å²) >= 11 is 5.85. The van der Waals surface area contributed by atoms with E-state index in [1.54, 1.807) is 25.1 Å². The first kappa shape index (κ1) is 17.5. The van der Waals surface area contributed by atoms with Crippen molar-refractivity contribution in [1.29, 1.82) is 0 Å². The Balaban J connectivity index is 1.89. The van der Waals surface area contributed by atoms with Gasteiger partial charge < -0.3 is 10.1 Å². The number of carbonyl (C=O) groups is 2. The third-order valence-corrected chi connectivity index (χ3v) is 3.27. The summed E-state index contributed by atoms with van der Waals surface area (Å²) in [5, 5.41) is 3.04. The van der Waals surface area contributed by atoms with E-state index >= 15 is 0 Å². The average molecular weight is 352 g/mol. The van der Waals surface area contributed by atoms with Gasteiger partial charge in [-0.05, 0) is 24.6 Å². The Hall–Kier alpha value is -2.87. The number of ether oxygens (including phenoxy) is 1. The molecule has 0 bridgehead atoms. The van der Waals surface area contributed by atoms with Gasteiger partial charge in [0, 0.05) is 23.0 Å². The van der Waals surface area contributed by atoms with Crippen LogP contribution in [0.25, 0.3) is 0 Å². The van der Waals surface area contributed by atoms with Crippen molar-refractivity contribution < 1.29 is 14.3 Å². The molecule has 0 aliphatic heterocycles. The lowest BCUT2D eigenvalue weighted by molar-refractivity contribution is -0.148. The summed E-state index contributed by atoms with van der Waals surface area (Å²) in [4.78, 5) is 47.8. The fraction of sp³-hybridized carbons (Fsp3) is 0.200. The molecule has 0 unspecified atom stereocenters. The molecule has 2 N–H and O–H groups in total. The molecule has 0 fully saturated rings.